The average Bonchev–Trinajstić information content (AvgIpc) is 2.14. The number of hydrogen-bond donors (Lipinski definition) is 0. The summed E-state index contributed by atoms with van der Waals surface area (Å²) in [5, 5.41) is 0. The fourth-order valence-corrected chi connectivity index (χ4v) is 3.08. The van der Waals surface area contributed by atoms with Crippen LogP contribution in [0.15, 0.2) is 0 Å². The molecule has 5 heteroatoms. The summed E-state index contributed by atoms with van der Waals surface area (Å²) < 4.78 is 37.1. The molecule has 1 saturated heterocycles. The summed E-state index contributed by atoms with van der Waals surface area (Å²) in [7, 11) is 0. The van der Waals surface area contributed by atoms with Gasteiger partial charge in [-0.2, -0.15) is 0 Å². The van der Waals surface area contributed by atoms with Crippen LogP contribution in [0.4, 0.5) is 13.2 Å². The molecule has 0 N–H and O–H groups in total. The third-order valence-electron chi connectivity index (χ3n) is 2.75. The molecule has 0 aliphatic carbocycles. The van der Waals surface area contributed by atoms with Crippen molar-refractivity contribution in [3.05, 3.63) is 0 Å². The van der Waals surface area contributed by atoms with E-state index in [2.05, 4.69) is 0 Å². The summed E-state index contributed by atoms with van der Waals surface area (Å²) in [6, 6.07) is 0. The quantitative estimate of drug-likeness (QED) is 0.720. The van der Waals surface area contributed by atoms with Crippen LogP contribution in [-0.2, 0) is 0 Å². The van der Waals surface area contributed by atoms with Crippen LogP contribution in [0.1, 0.15) is 19.3 Å². The number of likely N-dealkylation sites (tertiary alicyclic amines) is 1. The van der Waals surface area contributed by atoms with Gasteiger partial charge >= 0.3 is 96.0 Å². The van der Waals surface area contributed by atoms with Crippen molar-refractivity contribution in [1.29, 1.82) is 0 Å². The van der Waals surface area contributed by atoms with Gasteiger partial charge in [0.15, 0.2) is 0 Å². The molecule has 1 nitrogen and oxygen atoms in total. The number of piperidine rings is 1. The maximum absolute atomic E-state index is 11.9. The molecule has 0 aromatic rings. The van der Waals surface area contributed by atoms with E-state index >= 15 is 0 Å². The third-order valence-corrected chi connectivity index (χ3v) is 4.65. The molecule has 1 fully saturated rings. The molecule has 0 unspecified atom stereocenters. The second-order valence-corrected chi connectivity index (χ2v) is 5.23. The Balaban J connectivity index is 2.16. The molecule has 1 rings (SSSR count). The normalized spacial score (nSPS) is 21.4. The van der Waals surface area contributed by atoms with Gasteiger partial charge in [0.25, 0.3) is 0 Å². The molecule has 2 radical (unpaired) electrons. The molecule has 0 aromatic heterocycles. The molecular weight excluding hydrogens is 298 g/mol. The zero-order valence-electron chi connectivity index (χ0n) is 8.19. The number of hydrogen-bond acceptors (Lipinski definition) is 1. The van der Waals surface area contributed by atoms with Gasteiger partial charge in [-0.1, -0.05) is 0 Å². The summed E-state index contributed by atoms with van der Waals surface area (Å²) in [6.45, 7) is 1.92. The first-order chi connectivity index (χ1) is 6.51. The van der Waals surface area contributed by atoms with Crippen molar-refractivity contribution >= 4 is 22.5 Å². The molecule has 1 aliphatic heterocycles. The van der Waals surface area contributed by atoms with Crippen LogP contribution >= 0.6 is 0 Å². The summed E-state index contributed by atoms with van der Waals surface area (Å²) in [5.41, 5.74) is 0. The molecule has 1 aliphatic rings. The average molecular weight is 314 g/mol. The summed E-state index contributed by atoms with van der Waals surface area (Å²) >= 11 is 1.28. The molecule has 14 heavy (non-hydrogen) atoms. The molecule has 0 saturated carbocycles. The first-order valence-corrected chi connectivity index (χ1v) is 7.33. The van der Waals surface area contributed by atoms with Crippen molar-refractivity contribution < 1.29 is 13.2 Å². The van der Waals surface area contributed by atoms with Gasteiger partial charge in [0.1, 0.15) is 0 Å². The van der Waals surface area contributed by atoms with Crippen molar-refractivity contribution in [3.8, 4) is 0 Å². The van der Waals surface area contributed by atoms with Crippen LogP contribution in [0.25, 0.3) is 0 Å². The van der Waals surface area contributed by atoms with Crippen LogP contribution in [0.5, 0.6) is 0 Å². The standard InChI is InChI=1S/C9H15F3N.Sn.H/c1-8-2-5-13(6-3-8)7-4-9(10,11)12;;/h8H,1-7H2;;. The van der Waals surface area contributed by atoms with Crippen molar-refractivity contribution in [2.75, 3.05) is 19.6 Å². The van der Waals surface area contributed by atoms with Crippen LogP contribution in [0.3, 0.4) is 0 Å². The van der Waals surface area contributed by atoms with E-state index in [1.807, 2.05) is 4.90 Å². The van der Waals surface area contributed by atoms with Gasteiger partial charge in [-0.05, 0) is 0 Å². The van der Waals surface area contributed by atoms with E-state index in [9.17, 15) is 13.2 Å². The van der Waals surface area contributed by atoms with Crippen LogP contribution in [-0.4, -0.2) is 53.2 Å². The van der Waals surface area contributed by atoms with Crippen molar-refractivity contribution in [3.63, 3.8) is 0 Å². The first-order valence-electron chi connectivity index (χ1n) is 5.00. The van der Waals surface area contributed by atoms with Crippen LogP contribution < -0.4 is 0 Å². The Morgan fingerprint density at radius 1 is 1.21 bits per heavy atom. The van der Waals surface area contributed by atoms with Crippen LogP contribution in [0, 0.1) is 5.92 Å². The Hall–Kier alpha value is 0.549. The van der Waals surface area contributed by atoms with Crippen molar-refractivity contribution in [1.82, 2.24) is 4.90 Å². The predicted octanol–water partition coefficient (Wildman–Crippen LogP) is 1.97. The molecule has 1 heterocycles. The van der Waals surface area contributed by atoms with E-state index in [4.69, 9.17) is 0 Å². The molecule has 0 atom stereocenters. The van der Waals surface area contributed by atoms with Gasteiger partial charge in [-0.15, -0.1) is 0 Å². The van der Waals surface area contributed by atoms with E-state index in [0.29, 0.717) is 0 Å². The molecule has 82 valence electrons. The summed E-state index contributed by atoms with van der Waals surface area (Å²) in [5.74, 6) is 0.791. The van der Waals surface area contributed by atoms with E-state index in [1.165, 1.54) is 27.0 Å². The zero-order chi connectivity index (χ0) is 10.6. The van der Waals surface area contributed by atoms with Crippen molar-refractivity contribution in [2.24, 2.45) is 5.92 Å². The summed E-state index contributed by atoms with van der Waals surface area (Å²) in [4.78, 5) is 1.94. The second-order valence-electron chi connectivity index (χ2n) is 3.89. The second kappa shape index (κ2) is 5.58. The fraction of sp³-hybridized carbons (Fsp3) is 1.00. The molecule has 0 bridgehead atoms. The number of alkyl halides is 3. The fourth-order valence-electron chi connectivity index (χ4n) is 1.73. The Morgan fingerprint density at radius 2 is 1.79 bits per heavy atom. The van der Waals surface area contributed by atoms with Gasteiger partial charge in [0.2, 0.25) is 0 Å². The summed E-state index contributed by atoms with van der Waals surface area (Å²) in [6.07, 6.45) is -2.45. The van der Waals surface area contributed by atoms with Gasteiger partial charge in [-0.25, -0.2) is 0 Å². The molecule has 0 amide bonds. The van der Waals surface area contributed by atoms with Gasteiger partial charge in [0.05, 0.1) is 0 Å². The Bertz CT molecular complexity index is 164. The number of halogens is 3. The van der Waals surface area contributed by atoms with Crippen molar-refractivity contribution in [2.45, 2.75) is 29.9 Å². The Morgan fingerprint density at radius 3 is 2.21 bits per heavy atom. The number of nitrogens with zero attached hydrogens (tertiary/aromatic N) is 1. The molecule has 0 aromatic carbocycles. The Labute approximate surface area is 96.1 Å². The van der Waals surface area contributed by atoms with E-state index in [-0.39, 0.29) is 6.54 Å². The number of rotatable bonds is 3. The minimum absolute atomic E-state index is 0.191. The van der Waals surface area contributed by atoms with Crippen LogP contribution in [0.2, 0.25) is 4.44 Å². The maximum atomic E-state index is 11.9. The zero-order valence-corrected chi connectivity index (χ0v) is 11.5. The predicted molar refractivity (Wildman–Crippen MR) is 51.8 cm³/mol. The SMILES string of the molecule is FC(F)(F)CCN1CCC([CH2][SnH])CC1. The van der Waals surface area contributed by atoms with Gasteiger partial charge < -0.3 is 0 Å². The first kappa shape index (κ1) is 12.6. The molecule has 0 spiro atoms. The Kier molecular flexibility index (Phi) is 5.03. The van der Waals surface area contributed by atoms with E-state index in [0.717, 1.165) is 31.8 Å². The minimum atomic E-state index is -3.99. The van der Waals surface area contributed by atoms with Gasteiger partial charge in [0, 0.05) is 0 Å². The molecular formula is C9H16F3NSn. The monoisotopic (exact) mass is 315 g/mol. The topological polar surface area (TPSA) is 3.24 Å². The van der Waals surface area contributed by atoms with E-state index < -0.39 is 12.6 Å². The third kappa shape index (κ3) is 4.86. The van der Waals surface area contributed by atoms with E-state index in [1.54, 1.807) is 0 Å². The van der Waals surface area contributed by atoms with Gasteiger partial charge in [-0.3, -0.25) is 0 Å².